The van der Waals surface area contributed by atoms with Gasteiger partial charge in [-0.1, -0.05) is 29.8 Å². The molecule has 3 nitrogen and oxygen atoms in total. The summed E-state index contributed by atoms with van der Waals surface area (Å²) in [5.74, 6) is 1.01. The van der Waals surface area contributed by atoms with Crippen molar-refractivity contribution in [3.05, 3.63) is 41.9 Å². The Balaban J connectivity index is 2.33. The third-order valence-corrected chi connectivity index (χ3v) is 2.69. The van der Waals surface area contributed by atoms with Crippen molar-refractivity contribution in [1.29, 1.82) is 0 Å². The fraction of sp³-hybridized carbons (Fsp3) is 0.308. The lowest BCUT2D eigenvalue weighted by Crippen LogP contribution is -2.10. The van der Waals surface area contributed by atoms with Crippen LogP contribution >= 0.6 is 0 Å². The molecule has 2 rings (SSSR count). The molecule has 0 unspecified atom stereocenters. The van der Waals surface area contributed by atoms with Crippen LogP contribution in [-0.4, -0.2) is 16.1 Å². The van der Waals surface area contributed by atoms with Crippen molar-refractivity contribution in [3.63, 3.8) is 0 Å². The third-order valence-electron chi connectivity index (χ3n) is 2.69. The second kappa shape index (κ2) is 4.49. The van der Waals surface area contributed by atoms with Gasteiger partial charge in [0.25, 0.3) is 0 Å². The Morgan fingerprint density at radius 2 is 1.88 bits per heavy atom. The van der Waals surface area contributed by atoms with E-state index >= 15 is 0 Å². The molecule has 84 valence electrons. The molecule has 0 spiro atoms. The van der Waals surface area contributed by atoms with Crippen LogP contribution in [-0.2, 0) is 6.54 Å². The molecule has 1 heterocycles. The fourth-order valence-electron chi connectivity index (χ4n) is 1.74. The maximum Gasteiger partial charge on any atom is 0.106 e. The summed E-state index contributed by atoms with van der Waals surface area (Å²) in [6.07, 6.45) is 2.06. The minimum absolute atomic E-state index is 0.643. The molecule has 0 bridgehead atoms. The molecule has 1 aromatic carbocycles. The number of benzene rings is 1. The Morgan fingerprint density at radius 3 is 2.50 bits per heavy atom. The highest BCUT2D eigenvalue weighted by molar-refractivity contribution is 5.58. The second-order valence-electron chi connectivity index (χ2n) is 4.02. The van der Waals surface area contributed by atoms with Gasteiger partial charge in [-0.2, -0.15) is 0 Å². The maximum absolute atomic E-state index is 5.55. The van der Waals surface area contributed by atoms with E-state index in [4.69, 9.17) is 5.73 Å². The zero-order valence-electron chi connectivity index (χ0n) is 9.77. The van der Waals surface area contributed by atoms with Crippen molar-refractivity contribution < 1.29 is 0 Å². The first-order valence-corrected chi connectivity index (χ1v) is 5.51. The molecule has 0 aliphatic heterocycles. The van der Waals surface area contributed by atoms with E-state index in [0.29, 0.717) is 6.54 Å². The topological polar surface area (TPSA) is 43.8 Å². The van der Waals surface area contributed by atoms with Gasteiger partial charge in [0.1, 0.15) is 5.82 Å². The maximum atomic E-state index is 5.55. The van der Waals surface area contributed by atoms with Crippen molar-refractivity contribution in [2.75, 3.05) is 6.54 Å². The van der Waals surface area contributed by atoms with Crippen LogP contribution < -0.4 is 5.73 Å². The highest BCUT2D eigenvalue weighted by Gasteiger charge is 2.05. The molecule has 0 saturated heterocycles. The minimum Gasteiger partial charge on any atom is -0.333 e. The number of aromatic nitrogens is 2. The van der Waals surface area contributed by atoms with Crippen molar-refractivity contribution in [2.45, 2.75) is 20.4 Å². The van der Waals surface area contributed by atoms with Crippen molar-refractivity contribution in [1.82, 2.24) is 9.55 Å². The van der Waals surface area contributed by atoms with E-state index in [-0.39, 0.29) is 0 Å². The SMILES string of the molecule is Cc1ccc(-c2cn(CCN)c(C)n2)cc1. The van der Waals surface area contributed by atoms with E-state index in [1.165, 1.54) is 5.56 Å². The summed E-state index contributed by atoms with van der Waals surface area (Å²) in [5.41, 5.74) is 8.99. The summed E-state index contributed by atoms with van der Waals surface area (Å²) in [4.78, 5) is 4.54. The Morgan fingerprint density at radius 1 is 1.19 bits per heavy atom. The Labute approximate surface area is 95.9 Å². The highest BCUT2D eigenvalue weighted by atomic mass is 15.1. The number of imidazole rings is 1. The number of nitrogens with two attached hydrogens (primary N) is 1. The minimum atomic E-state index is 0.643. The molecule has 0 aliphatic rings. The van der Waals surface area contributed by atoms with Crippen LogP contribution in [0.4, 0.5) is 0 Å². The number of hydrogen-bond donors (Lipinski definition) is 1. The molecule has 0 amide bonds. The van der Waals surface area contributed by atoms with E-state index in [0.717, 1.165) is 23.6 Å². The smallest absolute Gasteiger partial charge is 0.106 e. The number of aryl methyl sites for hydroxylation is 2. The normalized spacial score (nSPS) is 10.7. The van der Waals surface area contributed by atoms with Gasteiger partial charge in [0.2, 0.25) is 0 Å². The molecule has 2 N–H and O–H groups in total. The molecular formula is C13H17N3. The number of rotatable bonds is 3. The van der Waals surface area contributed by atoms with Crippen LogP contribution in [0.2, 0.25) is 0 Å². The van der Waals surface area contributed by atoms with Crippen LogP contribution in [0.3, 0.4) is 0 Å². The van der Waals surface area contributed by atoms with Gasteiger partial charge in [-0.3, -0.25) is 0 Å². The predicted molar refractivity (Wildman–Crippen MR) is 66.2 cm³/mol. The zero-order valence-corrected chi connectivity index (χ0v) is 9.77. The molecule has 0 radical (unpaired) electrons. The van der Waals surface area contributed by atoms with E-state index in [1.54, 1.807) is 0 Å². The zero-order chi connectivity index (χ0) is 11.5. The molecule has 0 atom stereocenters. The van der Waals surface area contributed by atoms with Crippen molar-refractivity contribution in [2.24, 2.45) is 5.73 Å². The van der Waals surface area contributed by atoms with Gasteiger partial charge in [-0.15, -0.1) is 0 Å². The first-order chi connectivity index (χ1) is 7.70. The van der Waals surface area contributed by atoms with Gasteiger partial charge in [0.15, 0.2) is 0 Å². The van der Waals surface area contributed by atoms with Crippen LogP contribution in [0.5, 0.6) is 0 Å². The van der Waals surface area contributed by atoms with Crippen molar-refractivity contribution >= 4 is 0 Å². The predicted octanol–water partition coefficient (Wildman–Crippen LogP) is 2.13. The monoisotopic (exact) mass is 215 g/mol. The van der Waals surface area contributed by atoms with E-state index in [1.807, 2.05) is 6.92 Å². The lowest BCUT2D eigenvalue weighted by atomic mass is 10.1. The summed E-state index contributed by atoms with van der Waals surface area (Å²) < 4.78 is 2.09. The summed E-state index contributed by atoms with van der Waals surface area (Å²) in [6, 6.07) is 8.41. The van der Waals surface area contributed by atoms with Gasteiger partial charge >= 0.3 is 0 Å². The van der Waals surface area contributed by atoms with Gasteiger partial charge in [0.05, 0.1) is 5.69 Å². The van der Waals surface area contributed by atoms with E-state index < -0.39 is 0 Å². The molecule has 0 fully saturated rings. The first-order valence-electron chi connectivity index (χ1n) is 5.51. The molecule has 0 saturated carbocycles. The van der Waals surface area contributed by atoms with Gasteiger partial charge in [-0.05, 0) is 13.8 Å². The summed E-state index contributed by atoms with van der Waals surface area (Å²) in [6.45, 7) is 5.56. The molecule has 3 heteroatoms. The average Bonchev–Trinajstić information content (AvgIpc) is 2.62. The fourth-order valence-corrected chi connectivity index (χ4v) is 1.74. The standard InChI is InChI=1S/C13H17N3/c1-10-3-5-12(6-4-10)13-9-16(8-7-14)11(2)15-13/h3-6,9H,7-8,14H2,1-2H3. The van der Waals surface area contributed by atoms with Gasteiger partial charge < -0.3 is 10.3 Å². The highest BCUT2D eigenvalue weighted by Crippen LogP contribution is 2.18. The van der Waals surface area contributed by atoms with Crippen LogP contribution in [0.25, 0.3) is 11.3 Å². The lowest BCUT2D eigenvalue weighted by molar-refractivity contribution is 0.684. The Kier molecular flexibility index (Phi) is 3.06. The lowest BCUT2D eigenvalue weighted by Gasteiger charge is -1.99. The van der Waals surface area contributed by atoms with Crippen molar-refractivity contribution in [3.8, 4) is 11.3 Å². The average molecular weight is 215 g/mol. The van der Waals surface area contributed by atoms with Crippen LogP contribution in [0, 0.1) is 13.8 Å². The molecule has 16 heavy (non-hydrogen) atoms. The number of hydrogen-bond acceptors (Lipinski definition) is 2. The van der Waals surface area contributed by atoms with E-state index in [9.17, 15) is 0 Å². The third kappa shape index (κ3) is 2.14. The largest absolute Gasteiger partial charge is 0.333 e. The van der Waals surface area contributed by atoms with Gasteiger partial charge in [0, 0.05) is 24.8 Å². The Bertz CT molecular complexity index is 468. The van der Waals surface area contributed by atoms with E-state index in [2.05, 4.69) is 46.9 Å². The molecule has 1 aromatic heterocycles. The second-order valence-corrected chi connectivity index (χ2v) is 4.02. The van der Waals surface area contributed by atoms with Crippen LogP contribution in [0.1, 0.15) is 11.4 Å². The number of nitrogens with zero attached hydrogens (tertiary/aromatic N) is 2. The molecule has 0 aliphatic carbocycles. The summed E-state index contributed by atoms with van der Waals surface area (Å²) in [5, 5.41) is 0. The van der Waals surface area contributed by atoms with Crippen LogP contribution in [0.15, 0.2) is 30.5 Å². The Hall–Kier alpha value is -1.61. The molecule has 2 aromatic rings. The molecular weight excluding hydrogens is 198 g/mol. The first kappa shape index (κ1) is 10.9. The quantitative estimate of drug-likeness (QED) is 0.852. The van der Waals surface area contributed by atoms with Gasteiger partial charge in [-0.25, -0.2) is 4.98 Å². The summed E-state index contributed by atoms with van der Waals surface area (Å²) in [7, 11) is 0. The summed E-state index contributed by atoms with van der Waals surface area (Å²) >= 11 is 0.